The van der Waals surface area contributed by atoms with Crippen molar-refractivity contribution in [3.63, 3.8) is 0 Å². The minimum absolute atomic E-state index is 0.360. The van der Waals surface area contributed by atoms with Crippen LogP contribution in [-0.2, 0) is 0 Å². The normalized spacial score (nSPS) is 25.6. The van der Waals surface area contributed by atoms with Crippen LogP contribution in [0.4, 0.5) is 5.69 Å². The van der Waals surface area contributed by atoms with Gasteiger partial charge in [0.15, 0.2) is 0 Å². The lowest BCUT2D eigenvalue weighted by molar-refractivity contribution is 0.373. The molecule has 0 saturated heterocycles. The Kier molecular flexibility index (Phi) is 3.00. The van der Waals surface area contributed by atoms with Crippen molar-refractivity contribution in [2.24, 2.45) is 5.73 Å². The van der Waals surface area contributed by atoms with Gasteiger partial charge in [-0.25, -0.2) is 0 Å². The average molecular weight is 276 g/mol. The molecule has 2 nitrogen and oxygen atoms in total. The van der Waals surface area contributed by atoms with Crippen molar-refractivity contribution in [2.45, 2.75) is 24.9 Å². The molecule has 0 amide bonds. The van der Waals surface area contributed by atoms with E-state index in [-0.39, 0.29) is 0 Å². The van der Waals surface area contributed by atoms with Crippen molar-refractivity contribution < 1.29 is 0 Å². The summed E-state index contributed by atoms with van der Waals surface area (Å²) >= 11 is 9.46. The van der Waals surface area contributed by atoms with Crippen molar-refractivity contribution in [1.29, 1.82) is 0 Å². The smallest absolute Gasteiger partial charge is 0.0638 e. The highest BCUT2D eigenvalue weighted by molar-refractivity contribution is 9.10. The maximum atomic E-state index is 6.04. The van der Waals surface area contributed by atoms with Crippen LogP contribution in [0, 0.1) is 0 Å². The number of halogens is 2. The Morgan fingerprint density at radius 3 is 2.79 bits per heavy atom. The van der Waals surface area contributed by atoms with Crippen LogP contribution in [0.25, 0.3) is 0 Å². The minimum atomic E-state index is 0.360. The predicted molar refractivity (Wildman–Crippen MR) is 63.8 cm³/mol. The quantitative estimate of drug-likeness (QED) is 0.871. The van der Waals surface area contributed by atoms with Gasteiger partial charge in [-0.15, -0.1) is 0 Å². The Morgan fingerprint density at radius 2 is 2.14 bits per heavy atom. The lowest BCUT2D eigenvalue weighted by atomic mass is 9.87. The standard InChI is InChI=1S/C10H12BrClN2/c11-6-1-2-9(12)10(3-6)14-8-4-7(13)5-8/h1-3,7-8,14H,4-5,13H2. The number of rotatable bonds is 2. The number of benzene rings is 1. The number of anilines is 1. The van der Waals surface area contributed by atoms with Crippen molar-refractivity contribution >= 4 is 33.2 Å². The minimum Gasteiger partial charge on any atom is -0.381 e. The zero-order valence-corrected chi connectivity index (χ0v) is 9.98. The molecule has 0 radical (unpaired) electrons. The van der Waals surface area contributed by atoms with E-state index in [0.717, 1.165) is 28.0 Å². The molecular formula is C10H12BrClN2. The van der Waals surface area contributed by atoms with Crippen LogP contribution in [0.2, 0.25) is 5.02 Å². The van der Waals surface area contributed by atoms with E-state index in [1.807, 2.05) is 18.2 Å². The number of nitrogens with two attached hydrogens (primary N) is 1. The zero-order chi connectivity index (χ0) is 10.1. The molecule has 4 heteroatoms. The number of hydrogen-bond donors (Lipinski definition) is 2. The summed E-state index contributed by atoms with van der Waals surface area (Å²) in [5.74, 6) is 0. The predicted octanol–water partition coefficient (Wildman–Crippen LogP) is 3.00. The summed E-state index contributed by atoms with van der Waals surface area (Å²) in [6.07, 6.45) is 2.06. The van der Waals surface area contributed by atoms with Gasteiger partial charge in [0.25, 0.3) is 0 Å². The number of hydrogen-bond acceptors (Lipinski definition) is 2. The largest absolute Gasteiger partial charge is 0.381 e. The third-order valence-electron chi connectivity index (χ3n) is 2.46. The molecule has 0 heterocycles. The van der Waals surface area contributed by atoms with Gasteiger partial charge in [0.1, 0.15) is 0 Å². The molecular weight excluding hydrogens is 263 g/mol. The van der Waals surface area contributed by atoms with E-state index < -0.39 is 0 Å². The second-order valence-electron chi connectivity index (χ2n) is 3.70. The molecule has 1 aliphatic carbocycles. The molecule has 0 unspecified atom stereocenters. The molecule has 0 atom stereocenters. The fourth-order valence-corrected chi connectivity index (χ4v) is 2.14. The molecule has 0 bridgehead atoms. The molecule has 0 aromatic heterocycles. The summed E-state index contributed by atoms with van der Waals surface area (Å²) in [7, 11) is 0. The first kappa shape index (κ1) is 10.3. The first-order chi connectivity index (χ1) is 6.65. The molecule has 1 saturated carbocycles. The summed E-state index contributed by atoms with van der Waals surface area (Å²) in [5.41, 5.74) is 6.69. The highest BCUT2D eigenvalue weighted by atomic mass is 79.9. The molecule has 1 fully saturated rings. The average Bonchev–Trinajstić information content (AvgIpc) is 2.09. The second-order valence-corrected chi connectivity index (χ2v) is 5.02. The van der Waals surface area contributed by atoms with Crippen LogP contribution in [0.3, 0.4) is 0 Å². The van der Waals surface area contributed by atoms with Crippen LogP contribution in [0.5, 0.6) is 0 Å². The van der Waals surface area contributed by atoms with E-state index in [2.05, 4.69) is 21.2 Å². The maximum Gasteiger partial charge on any atom is 0.0638 e. The Morgan fingerprint density at radius 1 is 1.43 bits per heavy atom. The first-order valence-corrected chi connectivity index (χ1v) is 5.79. The van der Waals surface area contributed by atoms with E-state index in [0.29, 0.717) is 12.1 Å². The van der Waals surface area contributed by atoms with Crippen LogP contribution in [0.1, 0.15) is 12.8 Å². The van der Waals surface area contributed by atoms with Gasteiger partial charge in [-0.3, -0.25) is 0 Å². The van der Waals surface area contributed by atoms with E-state index in [1.165, 1.54) is 0 Å². The Hall–Kier alpha value is -0.250. The Labute approximate surface area is 96.9 Å². The SMILES string of the molecule is NC1CC(Nc2cc(Br)ccc2Cl)C1. The lowest BCUT2D eigenvalue weighted by Gasteiger charge is -2.34. The molecule has 1 aliphatic rings. The Balaban J connectivity index is 2.05. The summed E-state index contributed by atoms with van der Waals surface area (Å²) in [4.78, 5) is 0. The van der Waals surface area contributed by atoms with Gasteiger partial charge in [0, 0.05) is 16.6 Å². The van der Waals surface area contributed by atoms with Crippen LogP contribution in [-0.4, -0.2) is 12.1 Å². The first-order valence-electron chi connectivity index (χ1n) is 4.62. The van der Waals surface area contributed by atoms with E-state index in [1.54, 1.807) is 0 Å². The van der Waals surface area contributed by atoms with Gasteiger partial charge < -0.3 is 11.1 Å². The van der Waals surface area contributed by atoms with Gasteiger partial charge in [-0.2, -0.15) is 0 Å². The van der Waals surface area contributed by atoms with Crippen molar-refractivity contribution in [3.8, 4) is 0 Å². The van der Waals surface area contributed by atoms with Crippen molar-refractivity contribution in [3.05, 3.63) is 27.7 Å². The van der Waals surface area contributed by atoms with Crippen LogP contribution >= 0.6 is 27.5 Å². The van der Waals surface area contributed by atoms with Crippen LogP contribution < -0.4 is 11.1 Å². The summed E-state index contributed by atoms with van der Waals surface area (Å²) < 4.78 is 1.04. The molecule has 1 aromatic rings. The highest BCUT2D eigenvalue weighted by Crippen LogP contribution is 2.29. The topological polar surface area (TPSA) is 38.0 Å². The molecule has 3 N–H and O–H groups in total. The summed E-state index contributed by atoms with van der Waals surface area (Å²) in [6.45, 7) is 0. The summed E-state index contributed by atoms with van der Waals surface area (Å²) in [5, 5.41) is 4.13. The lowest BCUT2D eigenvalue weighted by Crippen LogP contribution is -2.44. The van der Waals surface area contributed by atoms with Crippen LogP contribution in [0.15, 0.2) is 22.7 Å². The molecule has 0 aliphatic heterocycles. The van der Waals surface area contributed by atoms with Crippen molar-refractivity contribution in [1.82, 2.24) is 0 Å². The van der Waals surface area contributed by atoms with Crippen molar-refractivity contribution in [2.75, 3.05) is 5.32 Å². The molecule has 14 heavy (non-hydrogen) atoms. The third-order valence-corrected chi connectivity index (χ3v) is 3.29. The summed E-state index contributed by atoms with van der Waals surface area (Å²) in [6, 6.07) is 6.65. The van der Waals surface area contributed by atoms with Gasteiger partial charge in [0.2, 0.25) is 0 Å². The van der Waals surface area contributed by atoms with Gasteiger partial charge in [-0.1, -0.05) is 27.5 Å². The van der Waals surface area contributed by atoms with E-state index in [9.17, 15) is 0 Å². The molecule has 0 spiro atoms. The number of nitrogens with one attached hydrogen (secondary N) is 1. The van der Waals surface area contributed by atoms with E-state index >= 15 is 0 Å². The fraction of sp³-hybridized carbons (Fsp3) is 0.400. The molecule has 2 rings (SSSR count). The monoisotopic (exact) mass is 274 g/mol. The Bertz CT molecular complexity index is 337. The van der Waals surface area contributed by atoms with Gasteiger partial charge in [-0.05, 0) is 31.0 Å². The highest BCUT2D eigenvalue weighted by Gasteiger charge is 2.25. The van der Waals surface area contributed by atoms with E-state index in [4.69, 9.17) is 17.3 Å². The van der Waals surface area contributed by atoms with Gasteiger partial charge in [0.05, 0.1) is 10.7 Å². The molecule has 1 aromatic carbocycles. The molecule has 76 valence electrons. The maximum absolute atomic E-state index is 6.04. The fourth-order valence-electron chi connectivity index (χ4n) is 1.61. The zero-order valence-electron chi connectivity index (χ0n) is 7.63. The second kappa shape index (κ2) is 4.09. The van der Waals surface area contributed by atoms with Gasteiger partial charge >= 0.3 is 0 Å². The third kappa shape index (κ3) is 2.22.